The summed E-state index contributed by atoms with van der Waals surface area (Å²) < 4.78 is 0. The first kappa shape index (κ1) is 23.2. The van der Waals surface area contributed by atoms with Gasteiger partial charge in [0, 0.05) is 6.42 Å². The number of carboxylic acids is 1. The zero-order valence-corrected chi connectivity index (χ0v) is 15.8. The van der Waals surface area contributed by atoms with Crippen molar-refractivity contribution in [3.8, 4) is 0 Å². The molecule has 0 aromatic carbocycles. The van der Waals surface area contributed by atoms with Gasteiger partial charge in [0.1, 0.15) is 0 Å². The second kappa shape index (κ2) is 18.5. The van der Waals surface area contributed by atoms with E-state index in [0.29, 0.717) is 6.42 Å². The maximum Gasteiger partial charge on any atom is 0.303 e. The Kier molecular flexibility index (Phi) is 17.9. The number of rotatable bonds is 18. The molecule has 0 saturated carbocycles. The fourth-order valence-electron chi connectivity index (χ4n) is 2.90. The maximum absolute atomic E-state index is 10.4. The average molecular weight is 341 g/mol. The molecule has 0 heterocycles. The van der Waals surface area contributed by atoms with Crippen LogP contribution in [0.15, 0.2) is 12.2 Å². The van der Waals surface area contributed by atoms with Crippen LogP contribution >= 0.6 is 0 Å². The molecule has 3 heteroatoms. The summed E-state index contributed by atoms with van der Waals surface area (Å²) in [5, 5.41) is 18.4. The lowest BCUT2D eigenvalue weighted by Gasteiger charge is -2.07. The summed E-state index contributed by atoms with van der Waals surface area (Å²) in [7, 11) is 0. The standard InChI is InChI=1S/C21H40O3/c1-2-3-4-14-17-20(22)18-15-12-10-8-6-5-7-9-11-13-16-19-21(23)24/h4,14,20,22H,2-3,5-13,15-19H2,1H3,(H,23,24). The van der Waals surface area contributed by atoms with Gasteiger partial charge in [0.2, 0.25) is 0 Å². The van der Waals surface area contributed by atoms with Crippen LogP contribution in [0, 0.1) is 0 Å². The zero-order valence-electron chi connectivity index (χ0n) is 15.8. The number of unbranched alkanes of at least 4 members (excludes halogenated alkanes) is 11. The number of aliphatic carboxylic acids is 1. The van der Waals surface area contributed by atoms with E-state index in [2.05, 4.69) is 19.1 Å². The molecule has 1 unspecified atom stereocenters. The predicted octanol–water partition coefficient (Wildman–Crippen LogP) is 6.25. The van der Waals surface area contributed by atoms with Gasteiger partial charge in [-0.3, -0.25) is 4.79 Å². The van der Waals surface area contributed by atoms with E-state index in [1.54, 1.807) is 0 Å². The van der Waals surface area contributed by atoms with Crippen molar-refractivity contribution in [1.29, 1.82) is 0 Å². The predicted molar refractivity (Wildman–Crippen MR) is 102 cm³/mol. The van der Waals surface area contributed by atoms with E-state index in [9.17, 15) is 9.90 Å². The van der Waals surface area contributed by atoms with Gasteiger partial charge < -0.3 is 10.2 Å². The molecule has 0 radical (unpaired) electrons. The van der Waals surface area contributed by atoms with Gasteiger partial charge in [-0.2, -0.15) is 0 Å². The van der Waals surface area contributed by atoms with E-state index < -0.39 is 5.97 Å². The number of carboxylic acid groups (broad SMARTS) is 1. The summed E-state index contributed by atoms with van der Waals surface area (Å²) in [4.78, 5) is 10.4. The minimum Gasteiger partial charge on any atom is -0.481 e. The Hall–Kier alpha value is -0.830. The molecule has 0 spiro atoms. The molecule has 0 aliphatic carbocycles. The number of aliphatic hydroxyl groups is 1. The maximum atomic E-state index is 10.4. The Bertz CT molecular complexity index is 299. The Labute approximate surface area is 149 Å². The van der Waals surface area contributed by atoms with Crippen LogP contribution < -0.4 is 0 Å². The van der Waals surface area contributed by atoms with Gasteiger partial charge in [0.15, 0.2) is 0 Å². The van der Waals surface area contributed by atoms with Gasteiger partial charge in [-0.15, -0.1) is 0 Å². The normalized spacial score (nSPS) is 12.8. The van der Waals surface area contributed by atoms with E-state index in [-0.39, 0.29) is 6.10 Å². The molecule has 0 saturated heterocycles. The van der Waals surface area contributed by atoms with Crippen molar-refractivity contribution in [2.45, 2.75) is 116 Å². The summed E-state index contributed by atoms with van der Waals surface area (Å²) in [6.45, 7) is 2.17. The lowest BCUT2D eigenvalue weighted by molar-refractivity contribution is -0.137. The van der Waals surface area contributed by atoms with Crippen molar-refractivity contribution < 1.29 is 15.0 Å². The molecule has 0 bridgehead atoms. The molecule has 1 atom stereocenters. The van der Waals surface area contributed by atoms with Crippen molar-refractivity contribution in [3.05, 3.63) is 12.2 Å². The molecule has 0 fully saturated rings. The minimum absolute atomic E-state index is 0.153. The molecule has 0 aliphatic rings. The average Bonchev–Trinajstić information content (AvgIpc) is 2.55. The molecule has 142 valence electrons. The molecule has 0 aliphatic heterocycles. The first-order valence-corrected chi connectivity index (χ1v) is 10.2. The van der Waals surface area contributed by atoms with Crippen molar-refractivity contribution in [2.24, 2.45) is 0 Å². The Balaban J connectivity index is 3.15. The molecule has 24 heavy (non-hydrogen) atoms. The van der Waals surface area contributed by atoms with Crippen LogP contribution in [0.1, 0.15) is 110 Å². The van der Waals surface area contributed by atoms with Crippen molar-refractivity contribution >= 4 is 5.97 Å². The molecule has 0 aromatic rings. The number of aliphatic hydroxyl groups excluding tert-OH is 1. The molecule has 0 amide bonds. The SMILES string of the molecule is CCCC=CCC(O)CCCCCCCCCCCCCC(=O)O. The van der Waals surface area contributed by atoms with Crippen LogP contribution in [0.5, 0.6) is 0 Å². The molecule has 2 N–H and O–H groups in total. The highest BCUT2D eigenvalue weighted by Gasteiger charge is 2.01. The smallest absolute Gasteiger partial charge is 0.303 e. The van der Waals surface area contributed by atoms with Crippen LogP contribution in [0.2, 0.25) is 0 Å². The zero-order chi connectivity index (χ0) is 17.9. The molecule has 3 nitrogen and oxygen atoms in total. The lowest BCUT2D eigenvalue weighted by Crippen LogP contribution is -2.04. The van der Waals surface area contributed by atoms with Crippen molar-refractivity contribution in [2.75, 3.05) is 0 Å². The topological polar surface area (TPSA) is 57.5 Å². The molecule has 0 aromatic heterocycles. The number of hydrogen-bond donors (Lipinski definition) is 2. The van der Waals surface area contributed by atoms with Gasteiger partial charge in [0.05, 0.1) is 6.10 Å². The quantitative estimate of drug-likeness (QED) is 0.229. The minimum atomic E-state index is -0.671. The Morgan fingerprint density at radius 2 is 1.33 bits per heavy atom. The summed E-state index contributed by atoms with van der Waals surface area (Å²) in [5.41, 5.74) is 0. The monoisotopic (exact) mass is 340 g/mol. The lowest BCUT2D eigenvalue weighted by atomic mass is 10.0. The van der Waals surface area contributed by atoms with Gasteiger partial charge in [-0.1, -0.05) is 89.7 Å². The van der Waals surface area contributed by atoms with Crippen LogP contribution in [0.25, 0.3) is 0 Å². The van der Waals surface area contributed by atoms with Crippen LogP contribution in [0.3, 0.4) is 0 Å². The first-order valence-electron chi connectivity index (χ1n) is 10.2. The molecular weight excluding hydrogens is 300 g/mol. The molecular formula is C21H40O3. The van der Waals surface area contributed by atoms with Gasteiger partial charge in [-0.25, -0.2) is 0 Å². The highest BCUT2D eigenvalue weighted by Crippen LogP contribution is 2.13. The summed E-state index contributed by atoms with van der Waals surface area (Å²) >= 11 is 0. The van der Waals surface area contributed by atoms with E-state index >= 15 is 0 Å². The van der Waals surface area contributed by atoms with Crippen LogP contribution in [-0.2, 0) is 4.79 Å². The Morgan fingerprint density at radius 3 is 1.83 bits per heavy atom. The highest BCUT2D eigenvalue weighted by molar-refractivity contribution is 5.66. The van der Waals surface area contributed by atoms with Crippen molar-refractivity contribution in [3.63, 3.8) is 0 Å². The summed E-state index contributed by atoms with van der Waals surface area (Å²) in [6, 6.07) is 0. The fourth-order valence-corrected chi connectivity index (χ4v) is 2.90. The molecule has 0 rings (SSSR count). The third-order valence-electron chi connectivity index (χ3n) is 4.46. The first-order chi connectivity index (χ1) is 11.7. The third-order valence-corrected chi connectivity index (χ3v) is 4.46. The Morgan fingerprint density at radius 1 is 0.833 bits per heavy atom. The second-order valence-electron chi connectivity index (χ2n) is 6.97. The highest BCUT2D eigenvalue weighted by atomic mass is 16.4. The van der Waals surface area contributed by atoms with E-state index in [1.807, 2.05) is 0 Å². The summed E-state index contributed by atoms with van der Waals surface area (Å²) in [6.07, 6.45) is 21.7. The van der Waals surface area contributed by atoms with E-state index in [0.717, 1.165) is 38.5 Å². The largest absolute Gasteiger partial charge is 0.481 e. The summed E-state index contributed by atoms with van der Waals surface area (Å²) in [5.74, 6) is -0.671. The van der Waals surface area contributed by atoms with E-state index in [4.69, 9.17) is 5.11 Å². The second-order valence-corrected chi connectivity index (χ2v) is 6.97. The number of hydrogen-bond acceptors (Lipinski definition) is 2. The number of allylic oxidation sites excluding steroid dienone is 1. The van der Waals surface area contributed by atoms with Gasteiger partial charge in [0.25, 0.3) is 0 Å². The van der Waals surface area contributed by atoms with Gasteiger partial charge >= 0.3 is 5.97 Å². The van der Waals surface area contributed by atoms with Gasteiger partial charge in [-0.05, 0) is 25.7 Å². The number of carbonyl (C=O) groups is 1. The third kappa shape index (κ3) is 19.2. The fraction of sp³-hybridized carbons (Fsp3) is 0.857. The van der Waals surface area contributed by atoms with Crippen LogP contribution in [-0.4, -0.2) is 22.3 Å². The van der Waals surface area contributed by atoms with E-state index in [1.165, 1.54) is 57.8 Å². The van der Waals surface area contributed by atoms with Crippen LogP contribution in [0.4, 0.5) is 0 Å². The van der Waals surface area contributed by atoms with Crippen molar-refractivity contribution in [1.82, 2.24) is 0 Å².